The molecule has 0 unspecified atom stereocenters. The number of anilines is 1. The topological polar surface area (TPSA) is 81.2 Å². The van der Waals surface area contributed by atoms with Crippen LogP contribution in [0.1, 0.15) is 31.4 Å². The van der Waals surface area contributed by atoms with Crippen molar-refractivity contribution in [3.63, 3.8) is 0 Å². The van der Waals surface area contributed by atoms with Crippen LogP contribution in [0.15, 0.2) is 10.6 Å². The molecule has 5 heteroatoms. The van der Waals surface area contributed by atoms with E-state index < -0.39 is 0 Å². The first-order valence-electron chi connectivity index (χ1n) is 5.57. The number of hydrogen-bond acceptors (Lipinski definition) is 4. The highest BCUT2D eigenvalue weighted by Gasteiger charge is 2.37. The van der Waals surface area contributed by atoms with Gasteiger partial charge in [0.05, 0.1) is 5.69 Å². The Morgan fingerprint density at radius 1 is 1.69 bits per heavy atom. The Bertz CT molecular complexity index is 377. The van der Waals surface area contributed by atoms with E-state index in [9.17, 15) is 4.79 Å². The number of nitrogens with two attached hydrogens (primary N) is 1. The molecule has 0 atom stereocenters. The Kier molecular flexibility index (Phi) is 2.96. The summed E-state index contributed by atoms with van der Waals surface area (Å²) in [5.74, 6) is 0.371. The number of hydrogen-bond donors (Lipinski definition) is 2. The fourth-order valence-corrected chi connectivity index (χ4v) is 2.07. The standard InChI is InChI=1S/C11H17N3O2/c1-8-5-10(16-14-8)13-9(15)6-11(7-12)3-2-4-11/h5H,2-4,6-7,12H2,1H3,(H,13,15). The zero-order valence-corrected chi connectivity index (χ0v) is 9.45. The first kappa shape index (κ1) is 11.1. The van der Waals surface area contributed by atoms with Crippen LogP contribution in [0.2, 0.25) is 0 Å². The van der Waals surface area contributed by atoms with Gasteiger partial charge in [0, 0.05) is 12.5 Å². The van der Waals surface area contributed by atoms with E-state index in [1.165, 1.54) is 6.42 Å². The Balaban J connectivity index is 1.89. The minimum absolute atomic E-state index is 0.0269. The maximum Gasteiger partial charge on any atom is 0.231 e. The predicted molar refractivity (Wildman–Crippen MR) is 59.8 cm³/mol. The molecular weight excluding hydrogens is 206 g/mol. The lowest BCUT2D eigenvalue weighted by Gasteiger charge is -2.40. The summed E-state index contributed by atoms with van der Waals surface area (Å²) >= 11 is 0. The molecule has 1 aliphatic carbocycles. The van der Waals surface area contributed by atoms with Crippen LogP contribution in [0.5, 0.6) is 0 Å². The van der Waals surface area contributed by atoms with Gasteiger partial charge in [-0.05, 0) is 31.7 Å². The van der Waals surface area contributed by atoms with Crippen LogP contribution in [0.25, 0.3) is 0 Å². The van der Waals surface area contributed by atoms with Crippen molar-refractivity contribution >= 4 is 11.8 Å². The lowest BCUT2D eigenvalue weighted by molar-refractivity contribution is -0.119. The summed E-state index contributed by atoms with van der Waals surface area (Å²) in [6.07, 6.45) is 3.74. The molecule has 3 N–H and O–H groups in total. The van der Waals surface area contributed by atoms with Crippen molar-refractivity contribution in [2.45, 2.75) is 32.6 Å². The van der Waals surface area contributed by atoms with Crippen molar-refractivity contribution in [3.05, 3.63) is 11.8 Å². The van der Waals surface area contributed by atoms with Gasteiger partial charge in [-0.15, -0.1) is 0 Å². The number of aryl methyl sites for hydroxylation is 1. The molecule has 0 bridgehead atoms. The minimum Gasteiger partial charge on any atom is -0.338 e. The molecule has 1 aromatic heterocycles. The average Bonchev–Trinajstić information content (AvgIpc) is 2.57. The average molecular weight is 223 g/mol. The van der Waals surface area contributed by atoms with Crippen LogP contribution >= 0.6 is 0 Å². The van der Waals surface area contributed by atoms with Gasteiger partial charge in [0.15, 0.2) is 0 Å². The second-order valence-corrected chi connectivity index (χ2v) is 4.62. The summed E-state index contributed by atoms with van der Waals surface area (Å²) in [5, 5.41) is 6.40. The van der Waals surface area contributed by atoms with Crippen molar-refractivity contribution in [3.8, 4) is 0 Å². The van der Waals surface area contributed by atoms with Crippen molar-refractivity contribution in [1.82, 2.24) is 5.16 Å². The van der Waals surface area contributed by atoms with Gasteiger partial charge in [-0.1, -0.05) is 11.6 Å². The number of aromatic nitrogens is 1. The molecule has 0 spiro atoms. The largest absolute Gasteiger partial charge is 0.338 e. The summed E-state index contributed by atoms with van der Waals surface area (Å²) in [7, 11) is 0. The molecule has 1 heterocycles. The molecule has 0 radical (unpaired) electrons. The van der Waals surface area contributed by atoms with E-state index in [2.05, 4.69) is 10.5 Å². The third-order valence-electron chi connectivity index (χ3n) is 3.27. The van der Waals surface area contributed by atoms with Crippen molar-refractivity contribution in [2.24, 2.45) is 11.1 Å². The quantitative estimate of drug-likeness (QED) is 0.809. The van der Waals surface area contributed by atoms with Gasteiger partial charge in [0.1, 0.15) is 0 Å². The number of amides is 1. The molecule has 1 aliphatic rings. The Labute approximate surface area is 94.4 Å². The lowest BCUT2D eigenvalue weighted by Crippen LogP contribution is -2.40. The molecule has 0 aromatic carbocycles. The van der Waals surface area contributed by atoms with Gasteiger partial charge in [-0.2, -0.15) is 0 Å². The Morgan fingerprint density at radius 2 is 2.44 bits per heavy atom. The van der Waals surface area contributed by atoms with Crippen LogP contribution in [0.3, 0.4) is 0 Å². The molecule has 1 fully saturated rings. The third kappa shape index (κ3) is 2.24. The van der Waals surface area contributed by atoms with Gasteiger partial charge < -0.3 is 10.3 Å². The molecule has 0 aliphatic heterocycles. The van der Waals surface area contributed by atoms with Crippen LogP contribution in [-0.2, 0) is 4.79 Å². The van der Waals surface area contributed by atoms with Crippen LogP contribution in [0, 0.1) is 12.3 Å². The van der Waals surface area contributed by atoms with E-state index in [4.69, 9.17) is 10.3 Å². The van der Waals surface area contributed by atoms with E-state index in [0.29, 0.717) is 18.8 Å². The molecule has 1 amide bonds. The predicted octanol–water partition coefficient (Wildman–Crippen LogP) is 1.44. The smallest absolute Gasteiger partial charge is 0.231 e. The number of carbonyl (C=O) groups excluding carboxylic acids is 1. The molecular formula is C11H17N3O2. The van der Waals surface area contributed by atoms with Crippen LogP contribution in [0.4, 0.5) is 5.88 Å². The second kappa shape index (κ2) is 4.25. The van der Waals surface area contributed by atoms with Crippen molar-refractivity contribution in [2.75, 3.05) is 11.9 Å². The summed E-state index contributed by atoms with van der Waals surface area (Å²) in [4.78, 5) is 11.7. The summed E-state index contributed by atoms with van der Waals surface area (Å²) < 4.78 is 4.92. The van der Waals surface area contributed by atoms with Crippen molar-refractivity contribution in [1.29, 1.82) is 0 Å². The van der Waals surface area contributed by atoms with E-state index in [0.717, 1.165) is 18.5 Å². The zero-order chi connectivity index (χ0) is 11.6. The van der Waals surface area contributed by atoms with Crippen LogP contribution in [-0.4, -0.2) is 17.6 Å². The molecule has 0 saturated heterocycles. The van der Waals surface area contributed by atoms with E-state index in [1.54, 1.807) is 6.07 Å². The fraction of sp³-hybridized carbons (Fsp3) is 0.636. The number of nitrogens with zero attached hydrogens (tertiary/aromatic N) is 1. The molecule has 1 aromatic rings. The number of rotatable bonds is 4. The minimum atomic E-state index is -0.0405. The van der Waals surface area contributed by atoms with Crippen LogP contribution < -0.4 is 11.1 Å². The number of nitrogens with one attached hydrogen (secondary N) is 1. The fourth-order valence-electron chi connectivity index (χ4n) is 2.07. The summed E-state index contributed by atoms with van der Waals surface area (Å²) in [5.41, 5.74) is 6.48. The normalized spacial score (nSPS) is 17.9. The first-order chi connectivity index (χ1) is 7.63. The van der Waals surface area contributed by atoms with Crippen molar-refractivity contribution < 1.29 is 9.32 Å². The Hall–Kier alpha value is -1.36. The maximum atomic E-state index is 11.7. The molecule has 1 saturated carbocycles. The number of carbonyl (C=O) groups is 1. The highest BCUT2D eigenvalue weighted by Crippen LogP contribution is 2.43. The van der Waals surface area contributed by atoms with E-state index in [-0.39, 0.29) is 11.3 Å². The lowest BCUT2D eigenvalue weighted by atomic mass is 9.66. The van der Waals surface area contributed by atoms with Gasteiger partial charge >= 0.3 is 0 Å². The molecule has 5 nitrogen and oxygen atoms in total. The zero-order valence-electron chi connectivity index (χ0n) is 9.45. The SMILES string of the molecule is Cc1cc(NC(=O)CC2(CN)CCC2)on1. The molecule has 88 valence electrons. The van der Waals surface area contributed by atoms with Gasteiger partial charge in [-0.3, -0.25) is 10.1 Å². The molecule has 2 rings (SSSR count). The Morgan fingerprint density at radius 3 is 2.88 bits per heavy atom. The first-order valence-corrected chi connectivity index (χ1v) is 5.57. The second-order valence-electron chi connectivity index (χ2n) is 4.62. The van der Waals surface area contributed by atoms with Gasteiger partial charge in [-0.25, -0.2) is 0 Å². The maximum absolute atomic E-state index is 11.7. The van der Waals surface area contributed by atoms with E-state index >= 15 is 0 Å². The third-order valence-corrected chi connectivity index (χ3v) is 3.27. The highest BCUT2D eigenvalue weighted by molar-refractivity contribution is 5.89. The van der Waals surface area contributed by atoms with E-state index in [1.807, 2.05) is 6.92 Å². The highest BCUT2D eigenvalue weighted by atomic mass is 16.5. The van der Waals surface area contributed by atoms with Gasteiger partial charge in [0.2, 0.25) is 11.8 Å². The summed E-state index contributed by atoms with van der Waals surface area (Å²) in [6.45, 7) is 2.39. The molecule has 16 heavy (non-hydrogen) atoms. The monoisotopic (exact) mass is 223 g/mol. The summed E-state index contributed by atoms with van der Waals surface area (Å²) in [6, 6.07) is 1.70. The van der Waals surface area contributed by atoms with Gasteiger partial charge in [0.25, 0.3) is 0 Å².